The van der Waals surface area contributed by atoms with E-state index in [2.05, 4.69) is 38.2 Å². The van der Waals surface area contributed by atoms with Crippen molar-refractivity contribution in [1.29, 1.82) is 0 Å². The predicted octanol–water partition coefficient (Wildman–Crippen LogP) is 4.73. The number of benzene rings is 1. The molecule has 0 atom stereocenters. The first kappa shape index (κ1) is 14.9. The number of unbranched alkanes of at least 4 members (excludes halogenated alkanes) is 1. The van der Waals surface area contributed by atoms with Crippen molar-refractivity contribution in [3.63, 3.8) is 0 Å². The minimum atomic E-state index is 0.513. The largest absolute Gasteiger partial charge is 0.310 e. The molecule has 1 N–H and O–H groups in total. The van der Waals surface area contributed by atoms with Crippen molar-refractivity contribution in [2.24, 2.45) is 0 Å². The summed E-state index contributed by atoms with van der Waals surface area (Å²) < 4.78 is 0. The second kappa shape index (κ2) is 8.02. The Morgan fingerprint density at radius 2 is 2.12 bits per heavy atom. The zero-order valence-electron chi connectivity index (χ0n) is 10.9. The molecule has 1 aromatic rings. The lowest BCUT2D eigenvalue weighted by Crippen LogP contribution is -2.22. The van der Waals surface area contributed by atoms with Crippen LogP contribution in [-0.2, 0) is 6.54 Å². The van der Waals surface area contributed by atoms with Crippen LogP contribution >= 0.6 is 23.4 Å². The van der Waals surface area contributed by atoms with Crippen LogP contribution in [0.15, 0.2) is 23.1 Å². The van der Waals surface area contributed by atoms with E-state index in [0.29, 0.717) is 6.04 Å². The predicted molar refractivity (Wildman–Crippen MR) is 79.1 cm³/mol. The highest BCUT2D eigenvalue weighted by molar-refractivity contribution is 7.99. The third-order valence-electron chi connectivity index (χ3n) is 2.49. The molecule has 0 unspecified atom stereocenters. The molecule has 3 heteroatoms. The van der Waals surface area contributed by atoms with Crippen LogP contribution in [0.25, 0.3) is 0 Å². The number of halogens is 1. The third kappa shape index (κ3) is 5.80. The van der Waals surface area contributed by atoms with Gasteiger partial charge in [-0.15, -0.1) is 11.8 Å². The van der Waals surface area contributed by atoms with Gasteiger partial charge in [0.2, 0.25) is 0 Å². The molecule has 0 saturated carbocycles. The molecule has 1 aromatic carbocycles. The Bertz CT molecular complexity index is 339. The summed E-state index contributed by atoms with van der Waals surface area (Å²) in [5.74, 6) is 1.17. The lowest BCUT2D eigenvalue weighted by Gasteiger charge is -2.12. The van der Waals surface area contributed by atoms with E-state index in [-0.39, 0.29) is 0 Å². The summed E-state index contributed by atoms with van der Waals surface area (Å²) in [7, 11) is 0. The molecule has 0 aliphatic rings. The molecule has 1 nitrogen and oxygen atoms in total. The first-order chi connectivity index (χ1) is 8.13. The van der Waals surface area contributed by atoms with Crippen molar-refractivity contribution < 1.29 is 0 Å². The summed E-state index contributed by atoms with van der Waals surface area (Å²) in [6.07, 6.45) is 2.50. The van der Waals surface area contributed by atoms with E-state index in [9.17, 15) is 0 Å². The number of nitrogens with one attached hydrogen (secondary N) is 1. The zero-order chi connectivity index (χ0) is 12.7. The summed E-state index contributed by atoms with van der Waals surface area (Å²) >= 11 is 7.97. The fourth-order valence-corrected chi connectivity index (χ4v) is 2.87. The van der Waals surface area contributed by atoms with Gasteiger partial charge < -0.3 is 5.32 Å². The molecule has 0 heterocycles. The maximum atomic E-state index is 6.06. The molecule has 0 spiro atoms. The fourth-order valence-electron chi connectivity index (χ4n) is 1.45. The molecule has 0 amide bonds. The second-order valence-corrected chi connectivity index (χ2v) is 6.06. The van der Waals surface area contributed by atoms with Crippen LogP contribution in [0.5, 0.6) is 0 Å². The molecule has 0 radical (unpaired) electrons. The van der Waals surface area contributed by atoms with Gasteiger partial charge in [0.05, 0.1) is 0 Å². The molecular weight excluding hydrogens is 250 g/mol. The van der Waals surface area contributed by atoms with Crippen LogP contribution in [0.1, 0.15) is 39.2 Å². The lowest BCUT2D eigenvalue weighted by molar-refractivity contribution is 0.585. The molecule has 96 valence electrons. The maximum Gasteiger partial charge on any atom is 0.0417 e. The Morgan fingerprint density at radius 3 is 2.76 bits per heavy atom. The van der Waals surface area contributed by atoms with Crippen LogP contribution in [0.4, 0.5) is 0 Å². The normalized spacial score (nSPS) is 11.1. The van der Waals surface area contributed by atoms with Crippen molar-refractivity contribution in [3.05, 3.63) is 28.8 Å². The molecule has 0 aliphatic carbocycles. The highest BCUT2D eigenvalue weighted by atomic mass is 35.5. The standard InChI is InChI=1S/C14H22ClNS/c1-4-5-8-17-14-9-13(15)7-6-12(14)10-16-11(2)3/h6-7,9,11,16H,4-5,8,10H2,1-3H3. The Hall–Kier alpha value is -0.180. The first-order valence-corrected chi connectivity index (χ1v) is 7.64. The van der Waals surface area contributed by atoms with Gasteiger partial charge in [-0.25, -0.2) is 0 Å². The molecule has 0 saturated heterocycles. The summed E-state index contributed by atoms with van der Waals surface area (Å²) in [6.45, 7) is 7.47. The van der Waals surface area contributed by atoms with Gasteiger partial charge in [-0.3, -0.25) is 0 Å². The fraction of sp³-hybridized carbons (Fsp3) is 0.571. The number of hydrogen-bond donors (Lipinski definition) is 1. The van der Waals surface area contributed by atoms with Gasteiger partial charge in [-0.1, -0.05) is 44.9 Å². The van der Waals surface area contributed by atoms with Crippen LogP contribution in [0.2, 0.25) is 5.02 Å². The van der Waals surface area contributed by atoms with Gasteiger partial charge in [0.1, 0.15) is 0 Å². The molecular formula is C14H22ClNS. The van der Waals surface area contributed by atoms with Gasteiger partial charge >= 0.3 is 0 Å². The smallest absolute Gasteiger partial charge is 0.0417 e. The van der Waals surface area contributed by atoms with Gasteiger partial charge in [-0.2, -0.15) is 0 Å². The van der Waals surface area contributed by atoms with Crippen molar-refractivity contribution >= 4 is 23.4 Å². The molecule has 1 rings (SSSR count). The average Bonchev–Trinajstić information content (AvgIpc) is 2.28. The minimum absolute atomic E-state index is 0.513. The number of thioether (sulfide) groups is 1. The van der Waals surface area contributed by atoms with Crippen LogP contribution in [0, 0.1) is 0 Å². The highest BCUT2D eigenvalue weighted by Crippen LogP contribution is 2.27. The summed E-state index contributed by atoms with van der Waals surface area (Å²) in [6, 6.07) is 6.70. The van der Waals surface area contributed by atoms with Gasteiger partial charge in [0.25, 0.3) is 0 Å². The van der Waals surface area contributed by atoms with E-state index in [4.69, 9.17) is 11.6 Å². The lowest BCUT2D eigenvalue weighted by atomic mass is 10.2. The average molecular weight is 272 g/mol. The molecule has 0 aromatic heterocycles. The Balaban J connectivity index is 2.66. The van der Waals surface area contributed by atoms with Gasteiger partial charge in [0.15, 0.2) is 0 Å². The molecule has 0 fully saturated rings. The van der Waals surface area contributed by atoms with Crippen molar-refractivity contribution in [2.45, 2.75) is 51.1 Å². The SMILES string of the molecule is CCCCSc1cc(Cl)ccc1CNC(C)C. The molecule has 17 heavy (non-hydrogen) atoms. The van der Waals surface area contributed by atoms with E-state index < -0.39 is 0 Å². The first-order valence-electron chi connectivity index (χ1n) is 6.28. The third-order valence-corrected chi connectivity index (χ3v) is 3.90. The zero-order valence-corrected chi connectivity index (χ0v) is 12.5. The van der Waals surface area contributed by atoms with E-state index in [0.717, 1.165) is 11.6 Å². The van der Waals surface area contributed by atoms with Crippen LogP contribution in [0.3, 0.4) is 0 Å². The number of hydrogen-bond acceptors (Lipinski definition) is 2. The van der Waals surface area contributed by atoms with Crippen LogP contribution in [-0.4, -0.2) is 11.8 Å². The van der Waals surface area contributed by atoms with E-state index in [1.54, 1.807) is 0 Å². The van der Waals surface area contributed by atoms with Crippen molar-refractivity contribution in [1.82, 2.24) is 5.32 Å². The minimum Gasteiger partial charge on any atom is -0.310 e. The van der Waals surface area contributed by atoms with E-state index in [1.165, 1.54) is 29.1 Å². The number of rotatable bonds is 7. The Morgan fingerprint density at radius 1 is 1.35 bits per heavy atom. The molecule has 0 aliphatic heterocycles. The summed E-state index contributed by atoms with van der Waals surface area (Å²) in [5.41, 5.74) is 1.35. The highest BCUT2D eigenvalue weighted by Gasteiger charge is 2.04. The van der Waals surface area contributed by atoms with Crippen LogP contribution < -0.4 is 5.32 Å². The topological polar surface area (TPSA) is 12.0 Å². The van der Waals surface area contributed by atoms with Crippen molar-refractivity contribution in [3.8, 4) is 0 Å². The Labute approximate surface area is 114 Å². The monoisotopic (exact) mass is 271 g/mol. The maximum absolute atomic E-state index is 6.06. The quantitative estimate of drug-likeness (QED) is 0.568. The van der Waals surface area contributed by atoms with Gasteiger partial charge in [-0.05, 0) is 29.9 Å². The summed E-state index contributed by atoms with van der Waals surface area (Å²) in [4.78, 5) is 1.32. The van der Waals surface area contributed by atoms with Gasteiger partial charge in [0, 0.05) is 22.5 Å². The second-order valence-electron chi connectivity index (χ2n) is 4.49. The van der Waals surface area contributed by atoms with Crippen molar-refractivity contribution in [2.75, 3.05) is 5.75 Å². The van der Waals surface area contributed by atoms with E-state index >= 15 is 0 Å². The van der Waals surface area contributed by atoms with E-state index in [1.807, 2.05) is 17.8 Å². The molecule has 0 bridgehead atoms. The summed E-state index contributed by atoms with van der Waals surface area (Å²) in [5, 5.41) is 4.29. The Kier molecular flexibility index (Phi) is 7.02.